The Labute approximate surface area is 125 Å². The molecule has 1 saturated carbocycles. The van der Waals surface area contributed by atoms with Gasteiger partial charge in [0.2, 0.25) is 10.0 Å². The average Bonchev–Trinajstić information content (AvgIpc) is 3.17. The summed E-state index contributed by atoms with van der Waals surface area (Å²) in [6.45, 7) is 2.59. The maximum atomic E-state index is 12.1. The number of hydrogen-bond acceptors (Lipinski definition) is 3. The summed E-state index contributed by atoms with van der Waals surface area (Å²) in [4.78, 5) is 10.9. The Balaban J connectivity index is 1.98. The van der Waals surface area contributed by atoms with E-state index in [1.54, 1.807) is 12.1 Å². The van der Waals surface area contributed by atoms with E-state index >= 15 is 0 Å². The molecule has 0 atom stereocenters. The third-order valence-electron chi connectivity index (χ3n) is 3.94. The minimum atomic E-state index is -3.43. The first-order valence-corrected chi connectivity index (χ1v) is 8.81. The normalized spacial score (nSPS) is 16.6. The van der Waals surface area contributed by atoms with E-state index in [4.69, 9.17) is 5.11 Å². The number of carbonyl (C=O) groups is 1. The second-order valence-electron chi connectivity index (χ2n) is 5.84. The van der Waals surface area contributed by atoms with Crippen molar-refractivity contribution in [2.75, 3.05) is 6.54 Å². The molecule has 1 aliphatic rings. The topological polar surface area (TPSA) is 83.5 Å². The Morgan fingerprint density at radius 1 is 1.38 bits per heavy atom. The molecule has 5 nitrogen and oxygen atoms in total. The fraction of sp³-hybridized carbons (Fsp3) is 0.533. The zero-order valence-electron chi connectivity index (χ0n) is 12.1. The molecular formula is C15H21NO4S. The summed E-state index contributed by atoms with van der Waals surface area (Å²) in [6, 6.07) is 6.05. The Kier molecular flexibility index (Phi) is 4.68. The van der Waals surface area contributed by atoms with Gasteiger partial charge in [0.25, 0.3) is 0 Å². The van der Waals surface area contributed by atoms with Crippen molar-refractivity contribution in [1.82, 2.24) is 4.72 Å². The molecule has 116 valence electrons. The number of carboxylic acid groups (broad SMARTS) is 1. The lowest BCUT2D eigenvalue weighted by Crippen LogP contribution is -2.31. The summed E-state index contributed by atoms with van der Waals surface area (Å²) >= 11 is 0. The van der Waals surface area contributed by atoms with Crippen LogP contribution in [-0.4, -0.2) is 26.0 Å². The van der Waals surface area contributed by atoms with Gasteiger partial charge < -0.3 is 5.11 Å². The number of rotatable bonds is 8. The molecule has 1 aromatic carbocycles. The lowest BCUT2D eigenvalue weighted by Gasteiger charge is -2.15. The van der Waals surface area contributed by atoms with Crippen LogP contribution in [0.5, 0.6) is 0 Å². The fourth-order valence-electron chi connectivity index (χ4n) is 2.55. The molecule has 1 fully saturated rings. The van der Waals surface area contributed by atoms with Gasteiger partial charge >= 0.3 is 5.97 Å². The SMILES string of the molecule is CCCC1(CNS(=O)(=O)Cc2cccc(C(=O)O)c2)CC1. The molecule has 0 amide bonds. The standard InChI is InChI=1S/C15H21NO4S/c1-2-6-15(7-8-15)11-16-21(19,20)10-12-4-3-5-13(9-12)14(17)18/h3-5,9,16H,2,6-8,10-11H2,1H3,(H,17,18). The highest BCUT2D eigenvalue weighted by molar-refractivity contribution is 7.88. The monoisotopic (exact) mass is 311 g/mol. The molecule has 0 aliphatic heterocycles. The van der Waals surface area contributed by atoms with Crippen molar-refractivity contribution < 1.29 is 18.3 Å². The minimum absolute atomic E-state index is 0.104. The first kappa shape index (κ1) is 16.0. The Bertz CT molecular complexity index is 620. The Hall–Kier alpha value is -1.40. The van der Waals surface area contributed by atoms with Gasteiger partial charge in [0.05, 0.1) is 11.3 Å². The maximum Gasteiger partial charge on any atom is 0.335 e. The van der Waals surface area contributed by atoms with Crippen molar-refractivity contribution in [2.45, 2.75) is 38.4 Å². The van der Waals surface area contributed by atoms with Crippen molar-refractivity contribution in [3.8, 4) is 0 Å². The molecule has 0 saturated heterocycles. The summed E-state index contributed by atoms with van der Waals surface area (Å²) < 4.78 is 26.9. The highest BCUT2D eigenvalue weighted by Crippen LogP contribution is 2.49. The third kappa shape index (κ3) is 4.54. The van der Waals surface area contributed by atoms with Crippen LogP contribution < -0.4 is 4.72 Å². The van der Waals surface area contributed by atoms with Crippen LogP contribution in [0.1, 0.15) is 48.5 Å². The number of benzene rings is 1. The second-order valence-corrected chi connectivity index (χ2v) is 7.64. The highest BCUT2D eigenvalue weighted by atomic mass is 32.2. The van der Waals surface area contributed by atoms with Crippen LogP contribution in [0, 0.1) is 5.41 Å². The molecule has 0 aromatic heterocycles. The van der Waals surface area contributed by atoms with Gasteiger partial charge in [0.15, 0.2) is 0 Å². The number of hydrogen-bond donors (Lipinski definition) is 2. The third-order valence-corrected chi connectivity index (χ3v) is 5.23. The van der Waals surface area contributed by atoms with Gasteiger partial charge in [-0.2, -0.15) is 0 Å². The van der Waals surface area contributed by atoms with Gasteiger partial charge in [-0.1, -0.05) is 25.5 Å². The van der Waals surface area contributed by atoms with Crippen LogP contribution in [0.3, 0.4) is 0 Å². The molecule has 0 spiro atoms. The maximum absolute atomic E-state index is 12.1. The van der Waals surface area contributed by atoms with E-state index in [-0.39, 0.29) is 16.7 Å². The minimum Gasteiger partial charge on any atom is -0.478 e. The predicted octanol–water partition coefficient (Wildman–Crippen LogP) is 2.38. The zero-order valence-corrected chi connectivity index (χ0v) is 12.9. The van der Waals surface area contributed by atoms with Gasteiger partial charge in [-0.25, -0.2) is 17.9 Å². The Morgan fingerprint density at radius 2 is 2.10 bits per heavy atom. The summed E-state index contributed by atoms with van der Waals surface area (Å²) in [5.74, 6) is -1.24. The summed E-state index contributed by atoms with van der Waals surface area (Å²) in [7, 11) is -3.43. The van der Waals surface area contributed by atoms with Crippen molar-refractivity contribution in [2.24, 2.45) is 5.41 Å². The highest BCUT2D eigenvalue weighted by Gasteiger charge is 2.41. The van der Waals surface area contributed by atoms with Crippen molar-refractivity contribution in [3.05, 3.63) is 35.4 Å². The van der Waals surface area contributed by atoms with Gasteiger partial charge in [-0.15, -0.1) is 0 Å². The molecule has 2 N–H and O–H groups in total. The number of sulfonamides is 1. The quantitative estimate of drug-likeness (QED) is 0.772. The molecule has 1 aliphatic carbocycles. The number of carboxylic acids is 1. The summed E-state index contributed by atoms with van der Waals surface area (Å²) in [5.41, 5.74) is 0.750. The number of aromatic carboxylic acids is 1. The van der Waals surface area contributed by atoms with E-state index in [1.165, 1.54) is 12.1 Å². The van der Waals surface area contributed by atoms with Crippen LogP contribution >= 0.6 is 0 Å². The lowest BCUT2D eigenvalue weighted by atomic mass is 10.0. The second kappa shape index (κ2) is 6.15. The fourth-order valence-corrected chi connectivity index (χ4v) is 3.80. The molecule has 0 unspecified atom stereocenters. The predicted molar refractivity (Wildman–Crippen MR) is 80.6 cm³/mol. The van der Waals surface area contributed by atoms with Crippen LogP contribution in [0.15, 0.2) is 24.3 Å². The molecule has 0 radical (unpaired) electrons. The van der Waals surface area contributed by atoms with Crippen LogP contribution in [0.25, 0.3) is 0 Å². The van der Waals surface area contributed by atoms with E-state index in [2.05, 4.69) is 11.6 Å². The Morgan fingerprint density at radius 3 is 2.67 bits per heavy atom. The summed E-state index contributed by atoms with van der Waals surface area (Å²) in [6.07, 6.45) is 4.27. The first-order valence-electron chi connectivity index (χ1n) is 7.15. The summed E-state index contributed by atoms with van der Waals surface area (Å²) in [5, 5.41) is 8.92. The van der Waals surface area contributed by atoms with E-state index < -0.39 is 16.0 Å². The smallest absolute Gasteiger partial charge is 0.335 e. The van der Waals surface area contributed by atoms with Crippen LogP contribution in [0.4, 0.5) is 0 Å². The van der Waals surface area contributed by atoms with Crippen molar-refractivity contribution in [3.63, 3.8) is 0 Å². The molecule has 6 heteroatoms. The van der Waals surface area contributed by atoms with E-state index in [1.807, 2.05) is 0 Å². The number of nitrogens with one attached hydrogen (secondary N) is 1. The lowest BCUT2D eigenvalue weighted by molar-refractivity contribution is 0.0696. The molecule has 0 bridgehead atoms. The van der Waals surface area contributed by atoms with Gasteiger partial charge in [0.1, 0.15) is 0 Å². The molecule has 1 aromatic rings. The van der Waals surface area contributed by atoms with Crippen LogP contribution in [0.2, 0.25) is 0 Å². The van der Waals surface area contributed by atoms with Crippen LogP contribution in [-0.2, 0) is 15.8 Å². The molecule has 0 heterocycles. The van der Waals surface area contributed by atoms with E-state index in [0.717, 1.165) is 25.7 Å². The average molecular weight is 311 g/mol. The van der Waals surface area contributed by atoms with Crippen molar-refractivity contribution in [1.29, 1.82) is 0 Å². The van der Waals surface area contributed by atoms with Gasteiger partial charge in [-0.05, 0) is 42.4 Å². The largest absolute Gasteiger partial charge is 0.478 e. The van der Waals surface area contributed by atoms with Crippen molar-refractivity contribution >= 4 is 16.0 Å². The molecule has 2 rings (SSSR count). The molecular weight excluding hydrogens is 290 g/mol. The molecule has 21 heavy (non-hydrogen) atoms. The van der Waals surface area contributed by atoms with E-state index in [9.17, 15) is 13.2 Å². The first-order chi connectivity index (χ1) is 9.86. The van der Waals surface area contributed by atoms with Gasteiger partial charge in [0, 0.05) is 6.54 Å². The van der Waals surface area contributed by atoms with E-state index in [0.29, 0.717) is 12.1 Å². The zero-order chi connectivity index (χ0) is 15.5. The van der Waals surface area contributed by atoms with Gasteiger partial charge in [-0.3, -0.25) is 0 Å².